The third-order valence-electron chi connectivity index (χ3n) is 4.58. The third kappa shape index (κ3) is 3.74. The van der Waals surface area contributed by atoms with Gasteiger partial charge in [-0.15, -0.1) is 11.3 Å². The first kappa shape index (κ1) is 19.6. The average molecular weight is 423 g/mol. The van der Waals surface area contributed by atoms with Gasteiger partial charge in [-0.05, 0) is 35.4 Å². The van der Waals surface area contributed by atoms with E-state index in [4.69, 9.17) is 4.52 Å². The molecule has 0 aliphatic rings. The van der Waals surface area contributed by atoms with Crippen molar-refractivity contribution in [2.24, 2.45) is 0 Å². The van der Waals surface area contributed by atoms with Crippen LogP contribution in [0.4, 0.5) is 5.13 Å². The van der Waals surface area contributed by atoms with E-state index in [0.29, 0.717) is 16.4 Å². The highest BCUT2D eigenvalue weighted by Crippen LogP contribution is 2.26. The summed E-state index contributed by atoms with van der Waals surface area (Å²) < 4.78 is 6.55. The number of benzene rings is 2. The standard InChI is InChI=1S/C21H18N4O4S/c1-12-5-3-7-15(9-12)25-18(20(28)29-24-25)17-11-30-21(23-17)22-10-14-6-4-8-16(13(2)26)19(14)27/h3-9,11H,10H2,1-2H3,(H2-,22,23,24,26,27,28)/p+1. The van der Waals surface area contributed by atoms with Crippen molar-refractivity contribution in [2.75, 3.05) is 5.32 Å². The number of phenols is 1. The Morgan fingerprint density at radius 3 is 2.87 bits per heavy atom. The van der Waals surface area contributed by atoms with Gasteiger partial charge < -0.3 is 10.4 Å². The molecule has 152 valence electrons. The largest absolute Gasteiger partial charge is 0.507 e. The molecule has 0 atom stereocenters. The number of hydrogen-bond acceptors (Lipinski definition) is 7. The van der Waals surface area contributed by atoms with Gasteiger partial charge in [0.05, 0.1) is 5.56 Å². The number of aryl methyl sites for hydroxylation is 1. The van der Waals surface area contributed by atoms with Crippen molar-refractivity contribution in [2.45, 2.75) is 20.4 Å². The summed E-state index contributed by atoms with van der Waals surface area (Å²) in [6.45, 7) is 3.65. The predicted molar refractivity (Wildman–Crippen MR) is 112 cm³/mol. The number of phenolic OH excluding ortho intramolecular Hbond substituents is 1. The van der Waals surface area contributed by atoms with Gasteiger partial charge in [0, 0.05) is 29.6 Å². The zero-order valence-corrected chi connectivity index (χ0v) is 17.1. The zero-order chi connectivity index (χ0) is 21.3. The lowest BCUT2D eigenvalue weighted by Gasteiger charge is -2.08. The number of carbonyl (C=O) groups excluding carboxylic acids is 1. The Morgan fingerprint density at radius 1 is 1.30 bits per heavy atom. The summed E-state index contributed by atoms with van der Waals surface area (Å²) >= 11 is 1.32. The smallest absolute Gasteiger partial charge is 0.437 e. The third-order valence-corrected chi connectivity index (χ3v) is 5.38. The molecular weight excluding hydrogens is 404 g/mol. The van der Waals surface area contributed by atoms with Gasteiger partial charge in [-0.3, -0.25) is 9.32 Å². The number of aromatic nitrogens is 3. The van der Waals surface area contributed by atoms with Gasteiger partial charge in [-0.1, -0.05) is 24.3 Å². The van der Waals surface area contributed by atoms with E-state index in [9.17, 15) is 14.7 Å². The molecule has 0 bridgehead atoms. The number of nitrogens with one attached hydrogen (secondary N) is 2. The van der Waals surface area contributed by atoms with E-state index in [1.54, 1.807) is 28.3 Å². The van der Waals surface area contributed by atoms with Gasteiger partial charge >= 0.3 is 11.3 Å². The minimum absolute atomic E-state index is 0.0437. The van der Waals surface area contributed by atoms with E-state index in [1.807, 2.05) is 31.2 Å². The maximum atomic E-state index is 12.3. The second kappa shape index (κ2) is 7.96. The van der Waals surface area contributed by atoms with Crippen molar-refractivity contribution in [1.82, 2.24) is 10.3 Å². The van der Waals surface area contributed by atoms with Crippen LogP contribution < -0.4 is 15.6 Å². The molecule has 2 heterocycles. The Bertz CT molecular complexity index is 1290. The van der Waals surface area contributed by atoms with Gasteiger partial charge in [0.1, 0.15) is 5.75 Å². The molecule has 0 unspecified atom stereocenters. The number of nitrogens with zero attached hydrogens (tertiary/aromatic N) is 2. The molecule has 8 nitrogen and oxygen atoms in total. The number of anilines is 1. The molecule has 4 rings (SSSR count). The zero-order valence-electron chi connectivity index (χ0n) is 16.3. The van der Waals surface area contributed by atoms with E-state index in [1.165, 1.54) is 18.3 Å². The van der Waals surface area contributed by atoms with Crippen LogP contribution in [0.25, 0.3) is 17.1 Å². The molecule has 3 N–H and O–H groups in total. The lowest BCUT2D eigenvalue weighted by Crippen LogP contribution is -2.36. The molecule has 0 saturated carbocycles. The molecule has 2 aromatic carbocycles. The number of Topliss-reactive ketones (excluding diaryl/α,β-unsaturated/α-hetero) is 1. The van der Waals surface area contributed by atoms with E-state index in [2.05, 4.69) is 15.6 Å². The molecule has 4 aromatic rings. The number of hydrogen-bond donors (Lipinski definition) is 3. The number of rotatable bonds is 6. The molecule has 2 aromatic heterocycles. The van der Waals surface area contributed by atoms with Crippen LogP contribution in [0.1, 0.15) is 28.4 Å². The molecule has 0 aliphatic carbocycles. The monoisotopic (exact) mass is 423 g/mol. The van der Waals surface area contributed by atoms with Gasteiger partial charge in [0.25, 0.3) is 0 Å². The number of aromatic hydroxyl groups is 1. The maximum Gasteiger partial charge on any atom is 0.437 e. The van der Waals surface area contributed by atoms with Crippen LogP contribution in [0.2, 0.25) is 0 Å². The lowest BCUT2D eigenvalue weighted by molar-refractivity contribution is -0.660. The van der Waals surface area contributed by atoms with Crippen LogP contribution in [0.15, 0.2) is 57.2 Å². The molecule has 0 amide bonds. The van der Waals surface area contributed by atoms with E-state index >= 15 is 0 Å². The van der Waals surface area contributed by atoms with Crippen LogP contribution in [-0.2, 0) is 6.54 Å². The Hall–Kier alpha value is -3.72. The summed E-state index contributed by atoms with van der Waals surface area (Å²) in [7, 11) is 0. The van der Waals surface area contributed by atoms with Crippen molar-refractivity contribution >= 4 is 22.3 Å². The first-order chi connectivity index (χ1) is 14.4. The van der Waals surface area contributed by atoms with Crippen LogP contribution in [0, 0.1) is 6.92 Å². The van der Waals surface area contributed by atoms with Crippen molar-refractivity contribution < 1.29 is 19.1 Å². The van der Waals surface area contributed by atoms with Crippen LogP contribution in [-0.4, -0.2) is 21.1 Å². The van der Waals surface area contributed by atoms with Gasteiger partial charge in [-0.25, -0.2) is 9.78 Å². The molecule has 0 spiro atoms. The molecule has 9 heteroatoms. The van der Waals surface area contributed by atoms with Crippen molar-refractivity contribution in [3.05, 3.63) is 75.0 Å². The summed E-state index contributed by atoms with van der Waals surface area (Å²) in [5.74, 6) is -0.247. The molecule has 0 radical (unpaired) electrons. The minimum atomic E-state index is -0.528. The summed E-state index contributed by atoms with van der Waals surface area (Å²) in [5, 5.41) is 18.3. The number of H-pyrrole nitrogens is 1. The number of carbonyl (C=O) groups is 1. The predicted octanol–water partition coefficient (Wildman–Crippen LogP) is 3.20. The molecule has 30 heavy (non-hydrogen) atoms. The molecular formula is C21H19N4O4S+. The second-order valence-corrected chi connectivity index (χ2v) is 7.62. The van der Waals surface area contributed by atoms with E-state index in [-0.39, 0.29) is 29.3 Å². The summed E-state index contributed by atoms with van der Waals surface area (Å²) in [6.07, 6.45) is 0. The number of aromatic amines is 1. The highest BCUT2D eigenvalue weighted by atomic mass is 32.1. The molecule has 0 aliphatic heterocycles. The Labute approximate surface area is 175 Å². The van der Waals surface area contributed by atoms with Crippen LogP contribution >= 0.6 is 11.3 Å². The molecule has 0 fully saturated rings. The van der Waals surface area contributed by atoms with Gasteiger partial charge in [0.2, 0.25) is 5.69 Å². The van der Waals surface area contributed by atoms with Crippen LogP contribution in [0.5, 0.6) is 5.75 Å². The molecule has 0 saturated heterocycles. The number of para-hydroxylation sites is 1. The van der Waals surface area contributed by atoms with Gasteiger partial charge in [0.15, 0.2) is 16.6 Å². The Balaban J connectivity index is 1.59. The first-order valence-corrected chi connectivity index (χ1v) is 10.0. The number of thiazole rings is 1. The van der Waals surface area contributed by atoms with Crippen LogP contribution in [0.3, 0.4) is 0 Å². The fourth-order valence-electron chi connectivity index (χ4n) is 3.09. The quantitative estimate of drug-likeness (QED) is 0.324. The van der Waals surface area contributed by atoms with E-state index in [0.717, 1.165) is 11.3 Å². The van der Waals surface area contributed by atoms with Crippen molar-refractivity contribution in [3.8, 4) is 22.8 Å². The lowest BCUT2D eigenvalue weighted by atomic mass is 10.1. The number of ketones is 1. The summed E-state index contributed by atoms with van der Waals surface area (Å²) in [6, 6.07) is 12.7. The summed E-state index contributed by atoms with van der Waals surface area (Å²) in [5.41, 5.74) is 2.87. The highest BCUT2D eigenvalue weighted by Gasteiger charge is 2.27. The fraction of sp³-hybridized carbons (Fsp3) is 0.143. The first-order valence-electron chi connectivity index (χ1n) is 9.16. The SMILES string of the molecule is CC(=O)c1cccc(CNc2nc(-c3c(=O)o[nH][n+]3-c3cccc(C)c3)cs2)c1O. The highest BCUT2D eigenvalue weighted by molar-refractivity contribution is 7.14. The normalized spacial score (nSPS) is 10.9. The second-order valence-electron chi connectivity index (χ2n) is 6.76. The topological polar surface area (TPSA) is 112 Å². The van der Waals surface area contributed by atoms with Crippen molar-refractivity contribution in [1.29, 1.82) is 0 Å². The fourth-order valence-corrected chi connectivity index (χ4v) is 3.79. The van der Waals surface area contributed by atoms with Gasteiger partial charge in [-0.2, -0.15) is 0 Å². The summed E-state index contributed by atoms with van der Waals surface area (Å²) in [4.78, 5) is 28.4. The maximum absolute atomic E-state index is 12.3. The van der Waals surface area contributed by atoms with Crippen molar-refractivity contribution in [3.63, 3.8) is 0 Å². The Kier molecular flexibility index (Phi) is 5.20. The minimum Gasteiger partial charge on any atom is -0.507 e. The average Bonchev–Trinajstić information content (AvgIpc) is 3.33. The van der Waals surface area contributed by atoms with E-state index < -0.39 is 5.63 Å². The Morgan fingerprint density at radius 2 is 2.10 bits per heavy atom.